The van der Waals surface area contributed by atoms with E-state index in [9.17, 15) is 9.18 Å². The molecule has 1 aromatic carbocycles. The monoisotopic (exact) mass is 296 g/mol. The fourth-order valence-corrected chi connectivity index (χ4v) is 2.23. The van der Waals surface area contributed by atoms with E-state index in [1.54, 1.807) is 17.9 Å². The van der Waals surface area contributed by atoms with Gasteiger partial charge in [-0.2, -0.15) is 0 Å². The lowest BCUT2D eigenvalue weighted by Crippen LogP contribution is -2.40. The molecule has 0 aliphatic heterocycles. The zero-order chi connectivity index (χ0) is 16.0. The number of hydrogen-bond acceptors (Lipinski definition) is 3. The fraction of sp³-hybridized carbons (Fsp3) is 0.562. The maximum Gasteiger partial charge on any atom is 0.263 e. The molecule has 118 valence electrons. The SMILES string of the molecule is CCN(CC)C(=O)C(C)Oc1cc(F)cc(CC(C)N)c1. The molecule has 0 heterocycles. The van der Waals surface area contributed by atoms with Crippen LogP contribution in [-0.2, 0) is 11.2 Å². The molecule has 0 fully saturated rings. The van der Waals surface area contributed by atoms with Crippen LogP contribution in [0.25, 0.3) is 0 Å². The van der Waals surface area contributed by atoms with Crippen LogP contribution >= 0.6 is 0 Å². The molecule has 0 aliphatic rings. The van der Waals surface area contributed by atoms with E-state index in [1.807, 2.05) is 20.8 Å². The van der Waals surface area contributed by atoms with E-state index < -0.39 is 6.10 Å². The van der Waals surface area contributed by atoms with Gasteiger partial charge in [-0.1, -0.05) is 0 Å². The lowest BCUT2D eigenvalue weighted by Gasteiger charge is -2.23. The van der Waals surface area contributed by atoms with Crippen LogP contribution in [0.1, 0.15) is 33.3 Å². The lowest BCUT2D eigenvalue weighted by atomic mass is 10.1. The van der Waals surface area contributed by atoms with Gasteiger partial charge in [-0.3, -0.25) is 4.79 Å². The predicted octanol–water partition coefficient (Wildman–Crippen LogP) is 2.35. The van der Waals surface area contributed by atoms with E-state index in [0.29, 0.717) is 25.3 Å². The van der Waals surface area contributed by atoms with Crippen LogP contribution < -0.4 is 10.5 Å². The Morgan fingerprint density at radius 2 is 1.90 bits per heavy atom. The molecule has 2 atom stereocenters. The highest BCUT2D eigenvalue weighted by Crippen LogP contribution is 2.19. The molecule has 5 heteroatoms. The van der Waals surface area contributed by atoms with Crippen molar-refractivity contribution in [1.82, 2.24) is 4.90 Å². The van der Waals surface area contributed by atoms with Gasteiger partial charge in [-0.15, -0.1) is 0 Å². The molecule has 0 bridgehead atoms. The number of hydrogen-bond donors (Lipinski definition) is 1. The molecule has 1 amide bonds. The first-order valence-electron chi connectivity index (χ1n) is 7.37. The highest BCUT2D eigenvalue weighted by molar-refractivity contribution is 5.80. The third-order valence-corrected chi connectivity index (χ3v) is 3.22. The summed E-state index contributed by atoms with van der Waals surface area (Å²) in [6.45, 7) is 8.62. The minimum Gasteiger partial charge on any atom is -0.481 e. The van der Waals surface area contributed by atoms with Crippen molar-refractivity contribution in [2.45, 2.75) is 46.3 Å². The smallest absolute Gasteiger partial charge is 0.263 e. The van der Waals surface area contributed by atoms with Crippen LogP contribution in [0, 0.1) is 5.82 Å². The number of likely N-dealkylation sites (N-methyl/N-ethyl adjacent to an activating group) is 1. The molecule has 0 aliphatic carbocycles. The van der Waals surface area contributed by atoms with Gasteiger partial charge in [0.2, 0.25) is 0 Å². The van der Waals surface area contributed by atoms with Crippen molar-refractivity contribution in [1.29, 1.82) is 0 Å². The van der Waals surface area contributed by atoms with Gasteiger partial charge in [0, 0.05) is 25.2 Å². The Balaban J connectivity index is 2.82. The maximum absolute atomic E-state index is 13.6. The summed E-state index contributed by atoms with van der Waals surface area (Å²) < 4.78 is 19.2. The molecular formula is C16H25FN2O2. The van der Waals surface area contributed by atoms with Crippen LogP contribution in [0.4, 0.5) is 4.39 Å². The molecule has 1 rings (SSSR count). The van der Waals surface area contributed by atoms with E-state index >= 15 is 0 Å². The van der Waals surface area contributed by atoms with Crippen molar-refractivity contribution in [3.63, 3.8) is 0 Å². The number of amides is 1. The Morgan fingerprint density at radius 3 is 2.43 bits per heavy atom. The lowest BCUT2D eigenvalue weighted by molar-refractivity contribution is -0.137. The third-order valence-electron chi connectivity index (χ3n) is 3.22. The van der Waals surface area contributed by atoms with Crippen molar-refractivity contribution < 1.29 is 13.9 Å². The van der Waals surface area contributed by atoms with E-state index in [1.165, 1.54) is 12.1 Å². The summed E-state index contributed by atoms with van der Waals surface area (Å²) in [6.07, 6.45) is -0.0817. The average Bonchev–Trinajstić information content (AvgIpc) is 2.38. The maximum atomic E-state index is 13.6. The summed E-state index contributed by atoms with van der Waals surface area (Å²) in [5.41, 5.74) is 6.49. The average molecular weight is 296 g/mol. The van der Waals surface area contributed by atoms with Gasteiger partial charge in [-0.05, 0) is 51.8 Å². The number of ether oxygens (including phenoxy) is 1. The second-order valence-electron chi connectivity index (χ2n) is 5.25. The summed E-state index contributed by atoms with van der Waals surface area (Å²) in [4.78, 5) is 13.8. The fourth-order valence-electron chi connectivity index (χ4n) is 2.23. The second kappa shape index (κ2) is 7.98. The number of rotatable bonds is 7. The standard InChI is InChI=1S/C16H25FN2O2/c1-5-19(6-2)16(20)12(4)21-15-9-13(7-11(3)18)8-14(17)10-15/h8-12H,5-7,18H2,1-4H3. The van der Waals surface area contributed by atoms with Gasteiger partial charge >= 0.3 is 0 Å². The predicted molar refractivity (Wildman–Crippen MR) is 81.8 cm³/mol. The molecule has 0 aromatic heterocycles. The van der Waals surface area contributed by atoms with Crippen LogP contribution in [0.15, 0.2) is 18.2 Å². The Labute approximate surface area is 126 Å². The molecule has 0 radical (unpaired) electrons. The van der Waals surface area contributed by atoms with Crippen LogP contribution in [0.2, 0.25) is 0 Å². The Bertz CT molecular complexity index is 473. The second-order valence-corrected chi connectivity index (χ2v) is 5.25. The number of nitrogens with zero attached hydrogens (tertiary/aromatic N) is 1. The van der Waals surface area contributed by atoms with Crippen molar-refractivity contribution in [3.05, 3.63) is 29.6 Å². The zero-order valence-electron chi connectivity index (χ0n) is 13.2. The first kappa shape index (κ1) is 17.4. The van der Waals surface area contributed by atoms with E-state index in [4.69, 9.17) is 10.5 Å². The summed E-state index contributed by atoms with van der Waals surface area (Å²) in [5.74, 6) is -0.123. The molecular weight excluding hydrogens is 271 g/mol. The third kappa shape index (κ3) is 5.34. The summed E-state index contributed by atoms with van der Waals surface area (Å²) >= 11 is 0. The summed E-state index contributed by atoms with van der Waals surface area (Å²) in [5, 5.41) is 0. The van der Waals surface area contributed by atoms with Gasteiger partial charge in [0.15, 0.2) is 6.10 Å². The number of halogens is 1. The highest BCUT2D eigenvalue weighted by Gasteiger charge is 2.20. The molecule has 0 saturated heterocycles. The quantitative estimate of drug-likeness (QED) is 0.840. The van der Waals surface area contributed by atoms with Crippen LogP contribution in [0.5, 0.6) is 5.75 Å². The number of carbonyl (C=O) groups is 1. The van der Waals surface area contributed by atoms with E-state index in [0.717, 1.165) is 5.56 Å². The number of carbonyl (C=O) groups excluding carboxylic acids is 1. The first-order valence-corrected chi connectivity index (χ1v) is 7.37. The van der Waals surface area contributed by atoms with E-state index in [-0.39, 0.29) is 17.8 Å². The van der Waals surface area contributed by atoms with Gasteiger partial charge < -0.3 is 15.4 Å². The summed E-state index contributed by atoms with van der Waals surface area (Å²) in [7, 11) is 0. The molecule has 0 spiro atoms. The molecule has 0 saturated carbocycles. The first-order chi connectivity index (χ1) is 9.87. The van der Waals surface area contributed by atoms with Gasteiger partial charge in [0.05, 0.1) is 0 Å². The number of benzene rings is 1. The van der Waals surface area contributed by atoms with Gasteiger partial charge in [0.25, 0.3) is 5.91 Å². The molecule has 1 aromatic rings. The highest BCUT2D eigenvalue weighted by atomic mass is 19.1. The van der Waals surface area contributed by atoms with Crippen molar-refractivity contribution >= 4 is 5.91 Å². The van der Waals surface area contributed by atoms with E-state index in [2.05, 4.69) is 0 Å². The van der Waals surface area contributed by atoms with Gasteiger partial charge in [0.1, 0.15) is 11.6 Å². The van der Waals surface area contributed by atoms with Gasteiger partial charge in [-0.25, -0.2) is 4.39 Å². The topological polar surface area (TPSA) is 55.6 Å². The normalized spacial score (nSPS) is 13.6. The Morgan fingerprint density at radius 1 is 1.29 bits per heavy atom. The minimum absolute atomic E-state index is 0.0608. The molecule has 2 N–H and O–H groups in total. The summed E-state index contributed by atoms with van der Waals surface area (Å²) in [6, 6.07) is 4.40. The van der Waals surface area contributed by atoms with Crippen molar-refractivity contribution in [2.75, 3.05) is 13.1 Å². The Kier molecular flexibility index (Phi) is 6.62. The largest absolute Gasteiger partial charge is 0.481 e. The number of nitrogens with two attached hydrogens (primary N) is 1. The van der Waals surface area contributed by atoms with Crippen LogP contribution in [-0.4, -0.2) is 36.0 Å². The van der Waals surface area contributed by atoms with Crippen LogP contribution in [0.3, 0.4) is 0 Å². The zero-order valence-corrected chi connectivity index (χ0v) is 13.2. The molecule has 2 unspecified atom stereocenters. The minimum atomic E-state index is -0.644. The molecule has 4 nitrogen and oxygen atoms in total. The van der Waals surface area contributed by atoms with Crippen molar-refractivity contribution in [3.8, 4) is 5.75 Å². The van der Waals surface area contributed by atoms with Crippen molar-refractivity contribution in [2.24, 2.45) is 5.73 Å². The Hall–Kier alpha value is -1.62. The molecule has 21 heavy (non-hydrogen) atoms.